The van der Waals surface area contributed by atoms with Crippen LogP contribution >= 0.6 is 0 Å². The van der Waals surface area contributed by atoms with Crippen molar-refractivity contribution in [1.29, 1.82) is 0 Å². The highest BCUT2D eigenvalue weighted by atomic mass is 16.4. The largest absolute Gasteiger partial charge is 0.435 e. The Labute approximate surface area is 445 Å². The van der Waals surface area contributed by atoms with E-state index in [-0.39, 0.29) is 0 Å². The second-order valence-corrected chi connectivity index (χ2v) is 19.6. The number of rotatable bonds is 10. The number of hydrogen-bond acceptors (Lipinski definition) is 6. The number of benzene rings is 12. The third-order valence-corrected chi connectivity index (χ3v) is 15.3. The van der Waals surface area contributed by atoms with Crippen LogP contribution in [0.5, 0.6) is 0 Å². The van der Waals surface area contributed by atoms with E-state index >= 15 is 0 Å². The number of oxazole rings is 2. The van der Waals surface area contributed by atoms with Gasteiger partial charge >= 0.3 is 0 Å². The van der Waals surface area contributed by atoms with Gasteiger partial charge in [-0.3, -0.25) is 0 Å². The Morgan fingerprint density at radius 2 is 0.636 bits per heavy atom. The monoisotopic (exact) mass is 986 g/mol. The molecule has 2 heterocycles. The van der Waals surface area contributed by atoms with Gasteiger partial charge in [0.15, 0.2) is 11.2 Å². The van der Waals surface area contributed by atoms with Crippen LogP contribution in [0, 0.1) is 0 Å². The van der Waals surface area contributed by atoms with Crippen molar-refractivity contribution in [2.75, 3.05) is 9.80 Å². The number of nitrogens with zero attached hydrogens (tertiary/aromatic N) is 4. The molecule has 0 aliphatic heterocycles. The molecule has 77 heavy (non-hydrogen) atoms. The van der Waals surface area contributed by atoms with Gasteiger partial charge in [0.25, 0.3) is 0 Å². The highest BCUT2D eigenvalue weighted by molar-refractivity contribution is 6.15. The lowest BCUT2D eigenvalue weighted by Gasteiger charge is -2.35. The normalized spacial score (nSPS) is 12.5. The first-order chi connectivity index (χ1) is 38.2. The topological polar surface area (TPSA) is 58.5 Å². The molecule has 1 aliphatic rings. The molecule has 362 valence electrons. The number of anilines is 6. The third-order valence-electron chi connectivity index (χ3n) is 15.3. The summed E-state index contributed by atoms with van der Waals surface area (Å²) in [5.41, 5.74) is 15.2. The molecule has 0 atom stereocenters. The van der Waals surface area contributed by atoms with E-state index in [9.17, 15) is 0 Å². The molecule has 0 unspecified atom stereocenters. The highest BCUT2D eigenvalue weighted by Crippen LogP contribution is 2.63. The van der Waals surface area contributed by atoms with Gasteiger partial charge in [-0.1, -0.05) is 194 Å². The fourth-order valence-electron chi connectivity index (χ4n) is 11.9. The summed E-state index contributed by atoms with van der Waals surface area (Å²) in [6.07, 6.45) is 0. The second-order valence-electron chi connectivity index (χ2n) is 19.6. The molecule has 2 aromatic heterocycles. The zero-order valence-corrected chi connectivity index (χ0v) is 41.7. The van der Waals surface area contributed by atoms with Crippen LogP contribution < -0.4 is 9.80 Å². The summed E-state index contributed by atoms with van der Waals surface area (Å²) in [6, 6.07) is 98.7. The van der Waals surface area contributed by atoms with Crippen molar-refractivity contribution in [3.63, 3.8) is 0 Å². The fraction of sp³-hybridized carbons (Fsp3) is 0.0141. The standard InChI is InChI=1S/C71H46N4O2/c1-7-25-49(26-8-1)69-72-65-61(74(55-35-15-5-16-36-55)57-41-39-47-23-19-21-29-51(47)43-57)45-59-63(67(65)76-69)64-60(71(59,53-31-11-3-12-32-53)54-33-13-4-14-34-54)46-62(66-68(64)77-70(73-66)50-27-9-2-10-28-50)75(56-37-17-6-18-38-56)58-42-40-48-24-20-22-30-52(48)44-58/h1-46H. The molecule has 15 rings (SSSR count). The zero-order chi connectivity index (χ0) is 50.9. The van der Waals surface area contributed by atoms with Crippen molar-refractivity contribution >= 4 is 77.9 Å². The average Bonchev–Trinajstić information content (AvgIpc) is 4.36. The van der Waals surface area contributed by atoms with E-state index in [1.165, 1.54) is 0 Å². The van der Waals surface area contributed by atoms with Gasteiger partial charge in [0.05, 0.1) is 16.8 Å². The van der Waals surface area contributed by atoms with E-state index < -0.39 is 5.41 Å². The zero-order valence-electron chi connectivity index (χ0n) is 41.7. The van der Waals surface area contributed by atoms with Gasteiger partial charge in [0, 0.05) is 45.0 Å². The van der Waals surface area contributed by atoms with E-state index in [0.29, 0.717) is 34.0 Å². The Bertz CT molecular complexity index is 4210. The molecule has 0 saturated carbocycles. The Morgan fingerprint density at radius 3 is 1.03 bits per heavy atom. The number of hydrogen-bond donors (Lipinski definition) is 0. The molecule has 1 aliphatic carbocycles. The minimum absolute atomic E-state index is 0.516. The van der Waals surface area contributed by atoms with Crippen molar-refractivity contribution in [1.82, 2.24) is 9.97 Å². The van der Waals surface area contributed by atoms with Crippen molar-refractivity contribution in [2.45, 2.75) is 5.41 Å². The lowest BCUT2D eigenvalue weighted by Crippen LogP contribution is -2.29. The molecule has 14 aromatic rings. The summed E-state index contributed by atoms with van der Waals surface area (Å²) in [5, 5.41) is 4.59. The van der Waals surface area contributed by atoms with Gasteiger partial charge in [0.2, 0.25) is 11.8 Å². The SMILES string of the molecule is c1ccc(-c2nc3c(N(c4ccccc4)c4ccc5ccccc5c4)cc4c(c3o2)-c2c(cc(N(c3ccccc3)c3ccc5ccccc5c3)c3nc(-c5ccccc5)oc23)C4(c2ccccc2)c2ccccc2)cc1. The van der Waals surface area contributed by atoms with Crippen molar-refractivity contribution in [3.8, 4) is 34.0 Å². The molecule has 0 spiro atoms. The average molecular weight is 987 g/mol. The van der Waals surface area contributed by atoms with Crippen LogP contribution in [-0.2, 0) is 5.41 Å². The first-order valence-electron chi connectivity index (χ1n) is 26.1. The number of aromatic nitrogens is 2. The van der Waals surface area contributed by atoms with Gasteiger partial charge in [0.1, 0.15) is 11.0 Å². The highest BCUT2D eigenvalue weighted by Gasteiger charge is 2.51. The predicted octanol–water partition coefficient (Wildman–Crippen LogP) is 18.9. The van der Waals surface area contributed by atoms with Gasteiger partial charge in [-0.15, -0.1) is 0 Å². The summed E-state index contributed by atoms with van der Waals surface area (Å²) in [5.74, 6) is 1.03. The maximum absolute atomic E-state index is 7.44. The number of fused-ring (bicyclic) bond motifs is 9. The lowest BCUT2D eigenvalue weighted by molar-refractivity contribution is 0.616. The minimum atomic E-state index is -0.962. The quantitative estimate of drug-likeness (QED) is 0.136. The van der Waals surface area contributed by atoms with Crippen LogP contribution in [0.3, 0.4) is 0 Å². The molecule has 0 fully saturated rings. The van der Waals surface area contributed by atoms with Crippen LogP contribution in [0.15, 0.2) is 288 Å². The molecule has 0 N–H and O–H groups in total. The van der Waals surface area contributed by atoms with Gasteiger partial charge < -0.3 is 18.6 Å². The second kappa shape index (κ2) is 18.0. The van der Waals surface area contributed by atoms with E-state index in [1.54, 1.807) is 0 Å². The molecule has 0 radical (unpaired) electrons. The first kappa shape index (κ1) is 44.2. The molecule has 6 nitrogen and oxygen atoms in total. The summed E-state index contributed by atoms with van der Waals surface area (Å²) in [6.45, 7) is 0. The molecule has 12 aromatic carbocycles. The summed E-state index contributed by atoms with van der Waals surface area (Å²) in [7, 11) is 0. The Kier molecular flexibility index (Phi) is 10.3. The molecule has 0 bridgehead atoms. The first-order valence-corrected chi connectivity index (χ1v) is 26.1. The Morgan fingerprint density at radius 1 is 0.299 bits per heavy atom. The summed E-state index contributed by atoms with van der Waals surface area (Å²) >= 11 is 0. The Balaban J connectivity index is 1.13. The summed E-state index contributed by atoms with van der Waals surface area (Å²) < 4.78 is 14.9. The van der Waals surface area contributed by atoms with Crippen LogP contribution in [-0.4, -0.2) is 9.97 Å². The summed E-state index contributed by atoms with van der Waals surface area (Å²) in [4.78, 5) is 15.8. The smallest absolute Gasteiger partial charge is 0.227 e. The third kappa shape index (κ3) is 7.11. The van der Waals surface area contributed by atoms with Crippen LogP contribution in [0.2, 0.25) is 0 Å². The van der Waals surface area contributed by atoms with Gasteiger partial charge in [-0.05, 0) is 129 Å². The van der Waals surface area contributed by atoms with Crippen LogP contribution in [0.25, 0.3) is 77.8 Å². The van der Waals surface area contributed by atoms with E-state index in [4.69, 9.17) is 18.8 Å². The molecule has 0 amide bonds. The van der Waals surface area contributed by atoms with E-state index in [1.807, 2.05) is 36.4 Å². The number of para-hydroxylation sites is 2. The molecule has 0 saturated heterocycles. The van der Waals surface area contributed by atoms with Gasteiger partial charge in [-0.2, -0.15) is 0 Å². The van der Waals surface area contributed by atoms with Crippen molar-refractivity contribution in [3.05, 3.63) is 301 Å². The maximum atomic E-state index is 7.44. The van der Waals surface area contributed by atoms with Crippen LogP contribution in [0.4, 0.5) is 34.1 Å². The van der Waals surface area contributed by atoms with Gasteiger partial charge in [-0.25, -0.2) is 9.97 Å². The predicted molar refractivity (Wildman–Crippen MR) is 314 cm³/mol. The van der Waals surface area contributed by atoms with E-state index in [2.05, 4.69) is 252 Å². The Hall–Kier alpha value is -10.3. The van der Waals surface area contributed by atoms with Crippen molar-refractivity contribution in [2.24, 2.45) is 0 Å². The minimum Gasteiger partial charge on any atom is -0.435 e. The van der Waals surface area contributed by atoms with Crippen molar-refractivity contribution < 1.29 is 8.83 Å². The maximum Gasteiger partial charge on any atom is 0.227 e. The molecular weight excluding hydrogens is 941 g/mol. The fourth-order valence-corrected chi connectivity index (χ4v) is 11.9. The molecular formula is C71H46N4O2. The van der Waals surface area contributed by atoms with Crippen LogP contribution in [0.1, 0.15) is 22.3 Å². The molecule has 6 heteroatoms. The van der Waals surface area contributed by atoms with E-state index in [0.717, 1.165) is 100 Å². The lowest BCUT2D eigenvalue weighted by atomic mass is 9.67.